The number of nitrogens with one attached hydrogen (secondary N) is 2. The van der Waals surface area contributed by atoms with E-state index in [2.05, 4.69) is 31.6 Å². The zero-order chi connectivity index (χ0) is 27.2. The highest BCUT2D eigenvalue weighted by atomic mass is 32.2. The minimum absolute atomic E-state index is 0.0523. The number of ether oxygens (including phenoxy) is 1. The summed E-state index contributed by atoms with van der Waals surface area (Å²) in [4.78, 5) is 28.5. The number of amides is 1. The van der Waals surface area contributed by atoms with Gasteiger partial charge in [-0.05, 0) is 54.4 Å². The average molecular weight is 545 g/mol. The molecule has 1 fully saturated rings. The second-order valence-electron chi connectivity index (χ2n) is 9.09. The first-order valence-corrected chi connectivity index (χ1v) is 13.8. The number of benzene rings is 2. The van der Waals surface area contributed by atoms with Crippen LogP contribution in [0.1, 0.15) is 21.5 Å². The molecule has 0 aliphatic carbocycles. The molecule has 0 atom stereocenters. The van der Waals surface area contributed by atoms with Crippen molar-refractivity contribution >= 4 is 39.6 Å². The van der Waals surface area contributed by atoms with Gasteiger partial charge < -0.3 is 20.3 Å². The van der Waals surface area contributed by atoms with Gasteiger partial charge in [0.05, 0.1) is 36.5 Å². The predicted octanol–water partition coefficient (Wildman–Crippen LogP) is 3.79. The van der Waals surface area contributed by atoms with Gasteiger partial charge in [0.15, 0.2) is 0 Å². The van der Waals surface area contributed by atoms with Gasteiger partial charge in [-0.3, -0.25) is 9.78 Å². The van der Waals surface area contributed by atoms with Gasteiger partial charge in [0, 0.05) is 48.0 Å². The standard InChI is InChI=1S/C28H28N6O4S/c1-19-2-7-23(31-27(35)21-5-3-20(4-6-21)18-39(36)37)15-26(19)33-28-30-9-8-25(32-28)22-14-24(17-29-16-22)34-10-12-38-13-11-34/h2-9,14-17,39H,10-13,18H2,1H3,(H,31,35)(H,30,32,33). The molecule has 1 amide bonds. The van der Waals surface area contributed by atoms with E-state index < -0.39 is 10.7 Å². The van der Waals surface area contributed by atoms with Gasteiger partial charge in [-0.25, -0.2) is 18.4 Å². The first kappa shape index (κ1) is 26.3. The molecule has 0 bridgehead atoms. The van der Waals surface area contributed by atoms with Crippen LogP contribution in [-0.4, -0.2) is 55.6 Å². The van der Waals surface area contributed by atoms with Crippen LogP contribution in [0, 0.1) is 6.92 Å². The van der Waals surface area contributed by atoms with Gasteiger partial charge in [0.25, 0.3) is 5.91 Å². The van der Waals surface area contributed by atoms with E-state index in [1.165, 1.54) is 0 Å². The van der Waals surface area contributed by atoms with Crippen LogP contribution in [0.4, 0.5) is 23.0 Å². The van der Waals surface area contributed by atoms with Crippen LogP contribution in [0.25, 0.3) is 11.3 Å². The van der Waals surface area contributed by atoms with E-state index in [4.69, 9.17) is 9.72 Å². The molecule has 2 aromatic heterocycles. The Balaban J connectivity index is 1.30. The largest absolute Gasteiger partial charge is 0.378 e. The lowest BCUT2D eigenvalue weighted by molar-refractivity contribution is 0.102. The molecular formula is C28H28N6O4S. The number of morpholine rings is 1. The zero-order valence-electron chi connectivity index (χ0n) is 21.3. The normalized spacial score (nSPS) is 13.3. The molecule has 4 aromatic rings. The Morgan fingerprint density at radius 2 is 1.82 bits per heavy atom. The maximum atomic E-state index is 12.8. The predicted molar refractivity (Wildman–Crippen MR) is 151 cm³/mol. The van der Waals surface area contributed by atoms with Crippen molar-refractivity contribution in [3.63, 3.8) is 0 Å². The van der Waals surface area contributed by atoms with Gasteiger partial charge >= 0.3 is 0 Å². The van der Waals surface area contributed by atoms with Crippen LogP contribution in [-0.2, 0) is 21.2 Å². The number of hydrogen-bond donors (Lipinski definition) is 3. The van der Waals surface area contributed by atoms with Gasteiger partial charge in [-0.2, -0.15) is 0 Å². The number of aromatic nitrogens is 3. The van der Waals surface area contributed by atoms with Crippen molar-refractivity contribution in [3.8, 4) is 11.3 Å². The summed E-state index contributed by atoms with van der Waals surface area (Å²) >= 11 is 0. The monoisotopic (exact) mass is 544 g/mol. The van der Waals surface area contributed by atoms with Crippen molar-refractivity contribution in [2.24, 2.45) is 0 Å². The molecule has 200 valence electrons. The number of anilines is 4. The lowest BCUT2D eigenvalue weighted by Gasteiger charge is -2.28. The topological polar surface area (TPSA) is 126 Å². The van der Waals surface area contributed by atoms with Gasteiger partial charge in [0.1, 0.15) is 10.7 Å². The second kappa shape index (κ2) is 12.0. The molecule has 0 saturated carbocycles. The lowest BCUT2D eigenvalue weighted by atomic mass is 10.1. The quantitative estimate of drug-likeness (QED) is 0.284. The summed E-state index contributed by atoms with van der Waals surface area (Å²) in [5, 5.41) is 6.15. The van der Waals surface area contributed by atoms with Crippen LogP contribution >= 0.6 is 0 Å². The maximum Gasteiger partial charge on any atom is 0.255 e. The Morgan fingerprint density at radius 3 is 2.59 bits per heavy atom. The van der Waals surface area contributed by atoms with Crippen molar-refractivity contribution in [1.82, 2.24) is 15.0 Å². The third-order valence-corrected chi connectivity index (χ3v) is 6.94. The fourth-order valence-corrected chi connectivity index (χ4v) is 4.72. The molecule has 10 nitrogen and oxygen atoms in total. The zero-order valence-corrected chi connectivity index (χ0v) is 22.2. The number of thiol groups is 1. The van der Waals surface area contributed by atoms with Crippen molar-refractivity contribution in [3.05, 3.63) is 89.9 Å². The highest BCUT2D eigenvalue weighted by Gasteiger charge is 2.14. The summed E-state index contributed by atoms with van der Waals surface area (Å²) < 4.78 is 27.3. The number of rotatable bonds is 8. The third kappa shape index (κ3) is 6.75. The third-order valence-electron chi connectivity index (χ3n) is 6.32. The minimum atomic E-state index is -2.52. The molecule has 11 heteroatoms. The number of carbonyl (C=O) groups is 1. The smallest absolute Gasteiger partial charge is 0.255 e. The molecule has 5 rings (SSSR count). The Labute approximate surface area is 228 Å². The van der Waals surface area contributed by atoms with Gasteiger partial charge in [-0.1, -0.05) is 18.2 Å². The molecule has 39 heavy (non-hydrogen) atoms. The van der Waals surface area contributed by atoms with Crippen molar-refractivity contribution in [2.75, 3.05) is 41.8 Å². The molecule has 2 N–H and O–H groups in total. The molecule has 0 spiro atoms. The van der Waals surface area contributed by atoms with Crippen molar-refractivity contribution in [1.29, 1.82) is 0 Å². The molecule has 1 aliphatic rings. The Morgan fingerprint density at radius 1 is 1.03 bits per heavy atom. The second-order valence-corrected chi connectivity index (χ2v) is 10.1. The molecule has 0 radical (unpaired) electrons. The molecule has 1 saturated heterocycles. The summed E-state index contributed by atoms with van der Waals surface area (Å²) in [6.07, 6.45) is 5.33. The van der Waals surface area contributed by atoms with Crippen molar-refractivity contribution < 1.29 is 17.9 Å². The van der Waals surface area contributed by atoms with E-state index in [-0.39, 0.29) is 11.7 Å². The number of aryl methyl sites for hydroxylation is 1. The van der Waals surface area contributed by atoms with Gasteiger partial charge in [-0.15, -0.1) is 0 Å². The number of pyridine rings is 1. The summed E-state index contributed by atoms with van der Waals surface area (Å²) in [6, 6.07) is 15.9. The maximum absolute atomic E-state index is 12.8. The molecule has 3 heterocycles. The van der Waals surface area contributed by atoms with Crippen LogP contribution in [0.5, 0.6) is 0 Å². The Kier molecular flexibility index (Phi) is 8.09. The molecular weight excluding hydrogens is 516 g/mol. The van der Waals surface area contributed by atoms with E-state index in [1.807, 2.05) is 37.4 Å². The first-order chi connectivity index (χ1) is 18.9. The van der Waals surface area contributed by atoms with Crippen molar-refractivity contribution in [2.45, 2.75) is 12.7 Å². The fourth-order valence-electron chi connectivity index (χ4n) is 4.21. The number of nitrogens with zero attached hydrogens (tertiary/aromatic N) is 4. The van der Waals surface area contributed by atoms with E-state index in [9.17, 15) is 13.2 Å². The van der Waals surface area contributed by atoms with E-state index in [0.29, 0.717) is 36.0 Å². The van der Waals surface area contributed by atoms with E-state index in [0.717, 1.165) is 41.3 Å². The number of hydrogen-bond acceptors (Lipinski definition) is 9. The summed E-state index contributed by atoms with van der Waals surface area (Å²) in [5.74, 6) is 0.0699. The molecule has 2 aromatic carbocycles. The van der Waals surface area contributed by atoms with Crippen LogP contribution in [0.2, 0.25) is 0 Å². The van der Waals surface area contributed by atoms with Crippen LogP contribution in [0.3, 0.4) is 0 Å². The van der Waals surface area contributed by atoms with E-state index in [1.54, 1.807) is 36.7 Å². The Hall–Kier alpha value is -4.35. The van der Waals surface area contributed by atoms with Crippen LogP contribution in [0.15, 0.2) is 73.2 Å². The highest BCUT2D eigenvalue weighted by Crippen LogP contribution is 2.26. The minimum Gasteiger partial charge on any atom is -0.378 e. The SMILES string of the molecule is Cc1ccc(NC(=O)c2ccc(C[SH](=O)=O)cc2)cc1Nc1nccc(-c2cncc(N3CCOCC3)c2)n1. The summed E-state index contributed by atoms with van der Waals surface area (Å²) in [7, 11) is -2.52. The summed E-state index contributed by atoms with van der Waals surface area (Å²) in [6.45, 7) is 4.99. The number of carbonyl (C=O) groups excluding carboxylic acids is 1. The molecule has 1 aliphatic heterocycles. The Bertz CT molecular complexity index is 1540. The molecule has 0 unspecified atom stereocenters. The first-order valence-electron chi connectivity index (χ1n) is 12.5. The highest BCUT2D eigenvalue weighted by molar-refractivity contribution is 7.71. The lowest BCUT2D eigenvalue weighted by Crippen LogP contribution is -2.36. The average Bonchev–Trinajstić information content (AvgIpc) is 2.95. The fraction of sp³-hybridized carbons (Fsp3) is 0.214. The van der Waals surface area contributed by atoms with E-state index >= 15 is 0 Å². The van der Waals surface area contributed by atoms with Gasteiger partial charge in [0.2, 0.25) is 5.95 Å². The van der Waals surface area contributed by atoms with Crippen LogP contribution < -0.4 is 15.5 Å². The summed E-state index contributed by atoms with van der Waals surface area (Å²) in [5.41, 5.74) is 6.01.